The van der Waals surface area contributed by atoms with Crippen molar-refractivity contribution < 1.29 is 9.13 Å². The Kier molecular flexibility index (Phi) is 4.86. The molecule has 0 aliphatic rings. The largest absolute Gasteiger partial charge is 0.492 e. The first-order chi connectivity index (χ1) is 9.25. The predicted molar refractivity (Wildman–Crippen MR) is 72.6 cm³/mol. The van der Waals surface area contributed by atoms with Gasteiger partial charge in [0.25, 0.3) is 0 Å². The summed E-state index contributed by atoms with van der Waals surface area (Å²) in [5.74, 6) is 0.326. The summed E-state index contributed by atoms with van der Waals surface area (Å²) in [6.45, 7) is 3.85. The molecule has 1 aromatic heterocycles. The summed E-state index contributed by atoms with van der Waals surface area (Å²) >= 11 is 0. The van der Waals surface area contributed by atoms with E-state index in [0.29, 0.717) is 18.9 Å². The van der Waals surface area contributed by atoms with E-state index in [4.69, 9.17) is 4.74 Å². The monoisotopic (exact) mass is 260 g/mol. The molecule has 0 aliphatic carbocycles. The van der Waals surface area contributed by atoms with E-state index in [2.05, 4.69) is 10.3 Å². The topological polar surface area (TPSA) is 34.1 Å². The van der Waals surface area contributed by atoms with Gasteiger partial charge >= 0.3 is 0 Å². The van der Waals surface area contributed by atoms with E-state index >= 15 is 0 Å². The average Bonchev–Trinajstić information content (AvgIpc) is 2.43. The van der Waals surface area contributed by atoms with Crippen LogP contribution in [0.15, 0.2) is 42.7 Å². The summed E-state index contributed by atoms with van der Waals surface area (Å²) in [5.41, 5.74) is 2.07. The smallest absolute Gasteiger partial charge is 0.126 e. The SMILES string of the molecule is Cc1ccc(F)cc1OCCNCc1cccnc1. The Morgan fingerprint density at radius 1 is 1.32 bits per heavy atom. The van der Waals surface area contributed by atoms with Crippen LogP contribution < -0.4 is 10.1 Å². The van der Waals surface area contributed by atoms with Crippen LogP contribution in [-0.4, -0.2) is 18.1 Å². The van der Waals surface area contributed by atoms with E-state index in [1.807, 2.05) is 25.3 Å². The second-order valence-electron chi connectivity index (χ2n) is 4.30. The van der Waals surface area contributed by atoms with Crippen molar-refractivity contribution in [2.24, 2.45) is 0 Å². The van der Waals surface area contributed by atoms with Crippen LogP contribution in [0.3, 0.4) is 0 Å². The quantitative estimate of drug-likeness (QED) is 0.811. The molecule has 1 aromatic carbocycles. The minimum Gasteiger partial charge on any atom is -0.492 e. The van der Waals surface area contributed by atoms with Gasteiger partial charge in [0.05, 0.1) is 0 Å². The highest BCUT2D eigenvalue weighted by Crippen LogP contribution is 2.18. The number of halogens is 1. The summed E-state index contributed by atoms with van der Waals surface area (Å²) < 4.78 is 18.6. The molecule has 0 unspecified atom stereocenters. The highest BCUT2D eigenvalue weighted by molar-refractivity contribution is 5.32. The molecule has 0 aliphatic heterocycles. The average molecular weight is 260 g/mol. The maximum absolute atomic E-state index is 13.0. The van der Waals surface area contributed by atoms with Gasteiger partial charge in [0.15, 0.2) is 0 Å². The molecule has 1 N–H and O–H groups in total. The van der Waals surface area contributed by atoms with E-state index in [0.717, 1.165) is 17.7 Å². The van der Waals surface area contributed by atoms with Crippen LogP contribution in [0.1, 0.15) is 11.1 Å². The lowest BCUT2D eigenvalue weighted by Gasteiger charge is -2.09. The van der Waals surface area contributed by atoms with Gasteiger partial charge < -0.3 is 10.1 Å². The van der Waals surface area contributed by atoms with Crippen LogP contribution >= 0.6 is 0 Å². The maximum Gasteiger partial charge on any atom is 0.126 e. The Morgan fingerprint density at radius 2 is 2.21 bits per heavy atom. The summed E-state index contributed by atoms with van der Waals surface area (Å²) in [7, 11) is 0. The van der Waals surface area contributed by atoms with Gasteiger partial charge in [0, 0.05) is 31.5 Å². The third kappa shape index (κ3) is 4.34. The first-order valence-electron chi connectivity index (χ1n) is 6.24. The lowest BCUT2D eigenvalue weighted by atomic mass is 10.2. The highest BCUT2D eigenvalue weighted by atomic mass is 19.1. The molecule has 0 saturated heterocycles. The van der Waals surface area contributed by atoms with E-state index < -0.39 is 0 Å². The fraction of sp³-hybridized carbons (Fsp3) is 0.267. The number of nitrogens with zero attached hydrogens (tertiary/aromatic N) is 1. The molecule has 1 heterocycles. The number of nitrogens with one attached hydrogen (secondary N) is 1. The zero-order valence-corrected chi connectivity index (χ0v) is 10.9. The van der Waals surface area contributed by atoms with Crippen molar-refractivity contribution in [2.75, 3.05) is 13.2 Å². The van der Waals surface area contributed by atoms with E-state index in [-0.39, 0.29) is 5.82 Å². The molecule has 0 amide bonds. The van der Waals surface area contributed by atoms with Crippen molar-refractivity contribution >= 4 is 0 Å². The molecule has 3 nitrogen and oxygen atoms in total. The second kappa shape index (κ2) is 6.85. The van der Waals surface area contributed by atoms with Gasteiger partial charge in [-0.3, -0.25) is 4.98 Å². The van der Waals surface area contributed by atoms with Crippen LogP contribution in [0.25, 0.3) is 0 Å². The summed E-state index contributed by atoms with van der Waals surface area (Å²) in [4.78, 5) is 4.04. The maximum atomic E-state index is 13.0. The minimum absolute atomic E-state index is 0.274. The predicted octanol–water partition coefficient (Wildman–Crippen LogP) is 2.70. The molecule has 0 spiro atoms. The fourth-order valence-electron chi connectivity index (χ4n) is 1.70. The number of aromatic nitrogens is 1. The Hall–Kier alpha value is -1.94. The number of hydrogen-bond donors (Lipinski definition) is 1. The Labute approximate surface area is 112 Å². The molecular weight excluding hydrogens is 243 g/mol. The molecule has 100 valence electrons. The molecule has 0 radical (unpaired) electrons. The van der Waals surface area contributed by atoms with E-state index in [1.54, 1.807) is 12.3 Å². The van der Waals surface area contributed by atoms with Crippen LogP contribution in [-0.2, 0) is 6.54 Å². The van der Waals surface area contributed by atoms with Gasteiger partial charge in [-0.1, -0.05) is 12.1 Å². The number of ether oxygens (including phenoxy) is 1. The van der Waals surface area contributed by atoms with Gasteiger partial charge in [0.2, 0.25) is 0 Å². The van der Waals surface area contributed by atoms with Crippen LogP contribution in [0.5, 0.6) is 5.75 Å². The van der Waals surface area contributed by atoms with Crippen LogP contribution in [0, 0.1) is 12.7 Å². The van der Waals surface area contributed by atoms with Crippen molar-refractivity contribution in [2.45, 2.75) is 13.5 Å². The van der Waals surface area contributed by atoms with Crippen molar-refractivity contribution in [3.8, 4) is 5.75 Å². The molecule has 0 atom stereocenters. The third-order valence-corrected chi connectivity index (χ3v) is 2.74. The van der Waals surface area contributed by atoms with Crippen LogP contribution in [0.4, 0.5) is 4.39 Å². The van der Waals surface area contributed by atoms with E-state index in [1.165, 1.54) is 12.1 Å². The second-order valence-corrected chi connectivity index (χ2v) is 4.30. The number of rotatable bonds is 6. The van der Waals surface area contributed by atoms with Gasteiger partial charge in [-0.05, 0) is 30.2 Å². The van der Waals surface area contributed by atoms with Crippen LogP contribution in [0.2, 0.25) is 0 Å². The lowest BCUT2D eigenvalue weighted by molar-refractivity contribution is 0.310. The number of pyridine rings is 1. The lowest BCUT2D eigenvalue weighted by Crippen LogP contribution is -2.20. The van der Waals surface area contributed by atoms with Crippen molar-refractivity contribution in [3.63, 3.8) is 0 Å². The summed E-state index contributed by atoms with van der Waals surface area (Å²) in [6.07, 6.45) is 3.57. The molecule has 2 aromatic rings. The summed E-state index contributed by atoms with van der Waals surface area (Å²) in [5, 5.41) is 3.25. The molecule has 0 bridgehead atoms. The zero-order valence-electron chi connectivity index (χ0n) is 10.9. The van der Waals surface area contributed by atoms with Gasteiger partial charge in [-0.25, -0.2) is 4.39 Å². The molecule has 0 saturated carbocycles. The van der Waals surface area contributed by atoms with Gasteiger partial charge in [-0.2, -0.15) is 0 Å². The molecule has 0 fully saturated rings. The summed E-state index contributed by atoms with van der Waals surface area (Å²) in [6, 6.07) is 8.48. The molecule has 4 heteroatoms. The van der Waals surface area contributed by atoms with E-state index in [9.17, 15) is 4.39 Å². The number of hydrogen-bond acceptors (Lipinski definition) is 3. The first kappa shape index (κ1) is 13.5. The number of benzene rings is 1. The zero-order chi connectivity index (χ0) is 13.5. The fourth-order valence-corrected chi connectivity index (χ4v) is 1.70. The van der Waals surface area contributed by atoms with Crippen molar-refractivity contribution in [1.29, 1.82) is 0 Å². The third-order valence-electron chi connectivity index (χ3n) is 2.74. The first-order valence-corrected chi connectivity index (χ1v) is 6.24. The Balaban J connectivity index is 1.71. The normalized spacial score (nSPS) is 10.4. The molecular formula is C15H17FN2O. The number of aryl methyl sites for hydroxylation is 1. The van der Waals surface area contributed by atoms with Gasteiger partial charge in [0.1, 0.15) is 18.2 Å². The minimum atomic E-state index is -0.274. The van der Waals surface area contributed by atoms with Gasteiger partial charge in [-0.15, -0.1) is 0 Å². The molecule has 19 heavy (non-hydrogen) atoms. The Bertz CT molecular complexity index is 517. The standard InChI is InChI=1S/C15H17FN2O/c1-12-4-5-14(16)9-15(12)19-8-7-18-11-13-3-2-6-17-10-13/h2-6,9-10,18H,7-8,11H2,1H3. The van der Waals surface area contributed by atoms with Crippen molar-refractivity contribution in [3.05, 3.63) is 59.7 Å². The van der Waals surface area contributed by atoms with Crippen molar-refractivity contribution in [1.82, 2.24) is 10.3 Å². The highest BCUT2D eigenvalue weighted by Gasteiger charge is 2.01. The Morgan fingerprint density at radius 3 is 3.00 bits per heavy atom. The molecule has 2 rings (SSSR count).